The molecule has 0 saturated heterocycles. The Kier molecular flexibility index (Phi) is 3.99. The SMILES string of the molecule is Cc1cnc(C(=O)N[C@@H]2CC[C@H]3CCCC[C@@H]3C2)cn1. The van der Waals surface area contributed by atoms with Crippen LogP contribution in [0.1, 0.15) is 61.1 Å². The molecule has 4 nitrogen and oxygen atoms in total. The zero-order valence-electron chi connectivity index (χ0n) is 12.1. The highest BCUT2D eigenvalue weighted by atomic mass is 16.1. The highest BCUT2D eigenvalue weighted by Gasteiger charge is 2.32. The van der Waals surface area contributed by atoms with E-state index in [9.17, 15) is 4.79 Å². The van der Waals surface area contributed by atoms with Gasteiger partial charge >= 0.3 is 0 Å². The molecular formula is C16H23N3O. The molecule has 2 aliphatic carbocycles. The summed E-state index contributed by atoms with van der Waals surface area (Å²) in [6.07, 6.45) is 12.3. The number of carbonyl (C=O) groups excluding carboxylic acids is 1. The monoisotopic (exact) mass is 273 g/mol. The summed E-state index contributed by atoms with van der Waals surface area (Å²) in [6, 6.07) is 0.324. The number of nitrogens with zero attached hydrogens (tertiary/aromatic N) is 2. The molecular weight excluding hydrogens is 250 g/mol. The van der Waals surface area contributed by atoms with E-state index in [1.807, 2.05) is 6.92 Å². The van der Waals surface area contributed by atoms with E-state index in [-0.39, 0.29) is 5.91 Å². The second kappa shape index (κ2) is 5.90. The van der Waals surface area contributed by atoms with E-state index < -0.39 is 0 Å². The lowest BCUT2D eigenvalue weighted by atomic mass is 9.69. The third-order valence-corrected chi connectivity index (χ3v) is 4.89. The average molecular weight is 273 g/mol. The summed E-state index contributed by atoms with van der Waals surface area (Å²) in [6.45, 7) is 1.87. The van der Waals surface area contributed by atoms with Crippen LogP contribution in [0.3, 0.4) is 0 Å². The van der Waals surface area contributed by atoms with Crippen molar-refractivity contribution in [2.45, 2.75) is 57.9 Å². The summed E-state index contributed by atoms with van der Waals surface area (Å²) >= 11 is 0. The Bertz CT molecular complexity index is 471. The molecule has 0 aromatic carbocycles. The molecule has 4 heteroatoms. The Balaban J connectivity index is 1.58. The summed E-state index contributed by atoms with van der Waals surface area (Å²) in [5.74, 6) is 1.67. The highest BCUT2D eigenvalue weighted by Crippen LogP contribution is 2.40. The van der Waals surface area contributed by atoms with Crippen LogP contribution < -0.4 is 5.32 Å². The fourth-order valence-electron chi connectivity index (χ4n) is 3.77. The van der Waals surface area contributed by atoms with Crippen molar-refractivity contribution in [2.75, 3.05) is 0 Å². The minimum atomic E-state index is -0.0724. The summed E-state index contributed by atoms with van der Waals surface area (Å²) in [7, 11) is 0. The quantitative estimate of drug-likeness (QED) is 0.901. The fourth-order valence-corrected chi connectivity index (χ4v) is 3.77. The standard InChI is InChI=1S/C16H23N3O/c1-11-9-18-15(10-17-11)16(20)19-14-7-6-12-4-2-3-5-13(12)8-14/h9-10,12-14H,2-8H2,1H3,(H,19,20)/t12-,13-,14-/m1/s1. The van der Waals surface area contributed by atoms with Gasteiger partial charge in [0.2, 0.25) is 0 Å². The van der Waals surface area contributed by atoms with E-state index in [0.29, 0.717) is 11.7 Å². The van der Waals surface area contributed by atoms with Gasteiger partial charge in [-0.15, -0.1) is 0 Å². The van der Waals surface area contributed by atoms with Crippen molar-refractivity contribution >= 4 is 5.91 Å². The van der Waals surface area contributed by atoms with E-state index in [4.69, 9.17) is 0 Å². The van der Waals surface area contributed by atoms with Gasteiger partial charge in [-0.2, -0.15) is 0 Å². The number of aromatic nitrogens is 2. The van der Waals surface area contributed by atoms with Crippen molar-refractivity contribution in [3.63, 3.8) is 0 Å². The number of hydrogen-bond donors (Lipinski definition) is 1. The maximum Gasteiger partial charge on any atom is 0.271 e. The van der Waals surface area contributed by atoms with Gasteiger partial charge in [-0.05, 0) is 38.0 Å². The van der Waals surface area contributed by atoms with Gasteiger partial charge < -0.3 is 5.32 Å². The zero-order chi connectivity index (χ0) is 13.9. The third kappa shape index (κ3) is 3.00. The summed E-state index contributed by atoms with van der Waals surface area (Å²) in [4.78, 5) is 20.5. The van der Waals surface area contributed by atoms with Crippen LogP contribution in [0.4, 0.5) is 0 Å². The predicted octanol–water partition coefficient (Wildman–Crippen LogP) is 2.87. The summed E-state index contributed by atoms with van der Waals surface area (Å²) in [5, 5.41) is 3.15. The number of hydrogen-bond acceptors (Lipinski definition) is 3. The Labute approximate surface area is 120 Å². The zero-order valence-corrected chi connectivity index (χ0v) is 12.1. The van der Waals surface area contributed by atoms with Crippen molar-refractivity contribution in [3.8, 4) is 0 Å². The van der Waals surface area contributed by atoms with Crippen LogP contribution in [0.2, 0.25) is 0 Å². The summed E-state index contributed by atoms with van der Waals surface area (Å²) in [5.41, 5.74) is 1.27. The van der Waals surface area contributed by atoms with Gasteiger partial charge in [-0.25, -0.2) is 4.98 Å². The van der Waals surface area contributed by atoms with Crippen LogP contribution in [0, 0.1) is 18.8 Å². The lowest BCUT2D eigenvalue weighted by Gasteiger charge is -2.39. The van der Waals surface area contributed by atoms with E-state index in [2.05, 4.69) is 15.3 Å². The van der Waals surface area contributed by atoms with Gasteiger partial charge in [-0.3, -0.25) is 9.78 Å². The Morgan fingerprint density at radius 1 is 1.10 bits per heavy atom. The van der Waals surface area contributed by atoms with Crippen LogP contribution >= 0.6 is 0 Å². The van der Waals surface area contributed by atoms with Gasteiger partial charge in [0.1, 0.15) is 5.69 Å². The molecule has 0 radical (unpaired) electrons. The minimum absolute atomic E-state index is 0.0724. The normalized spacial score (nSPS) is 29.6. The third-order valence-electron chi connectivity index (χ3n) is 4.89. The predicted molar refractivity (Wildman–Crippen MR) is 77.3 cm³/mol. The van der Waals surface area contributed by atoms with Crippen LogP contribution in [0.15, 0.2) is 12.4 Å². The van der Waals surface area contributed by atoms with Gasteiger partial charge in [0.05, 0.1) is 11.9 Å². The topological polar surface area (TPSA) is 54.9 Å². The smallest absolute Gasteiger partial charge is 0.271 e. The van der Waals surface area contributed by atoms with E-state index in [1.165, 1.54) is 32.1 Å². The number of rotatable bonds is 2. The molecule has 3 atom stereocenters. The van der Waals surface area contributed by atoms with Crippen molar-refractivity contribution in [3.05, 3.63) is 23.8 Å². The maximum absolute atomic E-state index is 12.2. The lowest BCUT2D eigenvalue weighted by molar-refractivity contribution is 0.0874. The van der Waals surface area contributed by atoms with Crippen LogP contribution in [-0.4, -0.2) is 21.9 Å². The molecule has 1 aromatic heterocycles. The van der Waals surface area contributed by atoms with Crippen LogP contribution in [0.25, 0.3) is 0 Å². The van der Waals surface area contributed by atoms with Gasteiger partial charge in [0.15, 0.2) is 0 Å². The first-order valence-corrected chi connectivity index (χ1v) is 7.82. The maximum atomic E-state index is 12.2. The van der Waals surface area contributed by atoms with Crippen molar-refractivity contribution in [1.29, 1.82) is 0 Å². The van der Waals surface area contributed by atoms with Crippen molar-refractivity contribution in [2.24, 2.45) is 11.8 Å². The van der Waals surface area contributed by atoms with Gasteiger partial charge in [-0.1, -0.05) is 25.7 Å². The van der Waals surface area contributed by atoms with Crippen molar-refractivity contribution in [1.82, 2.24) is 15.3 Å². The summed E-state index contributed by atoms with van der Waals surface area (Å²) < 4.78 is 0. The first-order valence-electron chi connectivity index (χ1n) is 7.82. The molecule has 2 fully saturated rings. The number of fused-ring (bicyclic) bond motifs is 1. The molecule has 0 spiro atoms. The molecule has 0 aliphatic heterocycles. The van der Waals surface area contributed by atoms with Crippen LogP contribution in [0.5, 0.6) is 0 Å². The fraction of sp³-hybridized carbons (Fsp3) is 0.688. The Hall–Kier alpha value is -1.45. The lowest BCUT2D eigenvalue weighted by Crippen LogP contribution is -2.41. The molecule has 1 heterocycles. The van der Waals surface area contributed by atoms with Gasteiger partial charge in [0.25, 0.3) is 5.91 Å². The van der Waals surface area contributed by atoms with E-state index in [1.54, 1.807) is 12.4 Å². The minimum Gasteiger partial charge on any atom is -0.348 e. The first-order chi connectivity index (χ1) is 9.72. The van der Waals surface area contributed by atoms with E-state index >= 15 is 0 Å². The largest absolute Gasteiger partial charge is 0.348 e. The van der Waals surface area contributed by atoms with Crippen LogP contribution in [-0.2, 0) is 0 Å². The molecule has 0 unspecified atom stereocenters. The molecule has 2 saturated carbocycles. The molecule has 108 valence electrons. The second-order valence-electron chi connectivity index (χ2n) is 6.33. The molecule has 20 heavy (non-hydrogen) atoms. The Morgan fingerprint density at radius 3 is 2.65 bits per heavy atom. The van der Waals surface area contributed by atoms with Crippen molar-refractivity contribution < 1.29 is 4.79 Å². The molecule has 1 N–H and O–H groups in total. The number of carbonyl (C=O) groups is 1. The second-order valence-corrected chi connectivity index (χ2v) is 6.33. The molecule has 1 amide bonds. The number of amides is 1. The van der Waals surface area contributed by atoms with E-state index in [0.717, 1.165) is 30.4 Å². The highest BCUT2D eigenvalue weighted by molar-refractivity contribution is 5.92. The first kappa shape index (κ1) is 13.5. The number of nitrogens with one attached hydrogen (secondary N) is 1. The average Bonchev–Trinajstić information content (AvgIpc) is 2.48. The van der Waals surface area contributed by atoms with Gasteiger partial charge in [0, 0.05) is 12.2 Å². The molecule has 0 bridgehead atoms. The number of aryl methyl sites for hydroxylation is 1. The molecule has 1 aromatic rings. The molecule has 3 rings (SSSR count). The Morgan fingerprint density at radius 2 is 1.90 bits per heavy atom. The molecule has 2 aliphatic rings.